The third-order valence-corrected chi connectivity index (χ3v) is 4.58. The fourth-order valence-corrected chi connectivity index (χ4v) is 3.19. The van der Waals surface area contributed by atoms with E-state index in [-0.39, 0.29) is 29.3 Å². The Kier molecular flexibility index (Phi) is 5.60. The number of amides is 1. The quantitative estimate of drug-likeness (QED) is 0.380. The summed E-state index contributed by atoms with van der Waals surface area (Å²) in [7, 11) is 0. The van der Waals surface area contributed by atoms with E-state index in [0.717, 1.165) is 25.7 Å². The van der Waals surface area contributed by atoms with E-state index in [1.54, 1.807) is 18.2 Å². The van der Waals surface area contributed by atoms with Gasteiger partial charge in [0.15, 0.2) is 5.82 Å². The lowest BCUT2D eigenvalue weighted by Gasteiger charge is -2.15. The number of ether oxygens (including phenoxy) is 1. The largest absolute Gasteiger partial charge is 0.493 e. The number of nitrogen functional groups attached to an aromatic ring is 2. The van der Waals surface area contributed by atoms with Crippen LogP contribution in [-0.2, 0) is 0 Å². The van der Waals surface area contributed by atoms with E-state index in [9.17, 15) is 9.59 Å². The van der Waals surface area contributed by atoms with E-state index in [0.29, 0.717) is 23.5 Å². The third kappa shape index (κ3) is 4.03. The van der Waals surface area contributed by atoms with Gasteiger partial charge < -0.3 is 26.2 Å². The maximum Gasteiger partial charge on any atom is 0.276 e. The first-order chi connectivity index (χ1) is 13.0. The Hall–Kier alpha value is -3.07. The van der Waals surface area contributed by atoms with E-state index in [4.69, 9.17) is 16.3 Å². The van der Waals surface area contributed by atoms with Gasteiger partial charge in [-0.25, -0.2) is 10.8 Å². The van der Waals surface area contributed by atoms with Crippen molar-refractivity contribution in [1.82, 2.24) is 15.3 Å². The van der Waals surface area contributed by atoms with Crippen LogP contribution in [0.2, 0.25) is 0 Å². The van der Waals surface area contributed by atoms with E-state index < -0.39 is 5.56 Å². The van der Waals surface area contributed by atoms with Gasteiger partial charge in [-0.3, -0.25) is 9.59 Å². The van der Waals surface area contributed by atoms with Crippen LogP contribution >= 0.6 is 0 Å². The van der Waals surface area contributed by atoms with Crippen molar-refractivity contribution in [2.75, 3.05) is 17.8 Å². The van der Waals surface area contributed by atoms with Gasteiger partial charge in [0, 0.05) is 11.6 Å². The minimum Gasteiger partial charge on any atom is -0.493 e. The number of benzene rings is 1. The van der Waals surface area contributed by atoms with E-state index in [1.165, 1.54) is 0 Å². The summed E-state index contributed by atoms with van der Waals surface area (Å²) in [6, 6.07) is 5.23. The Balaban J connectivity index is 1.95. The van der Waals surface area contributed by atoms with Crippen LogP contribution in [0.15, 0.2) is 23.0 Å². The van der Waals surface area contributed by atoms with Crippen LogP contribution in [0.4, 0.5) is 11.5 Å². The Labute approximate surface area is 156 Å². The number of hydrazine groups is 1. The van der Waals surface area contributed by atoms with Gasteiger partial charge in [-0.15, -0.1) is 0 Å². The second-order valence-electron chi connectivity index (χ2n) is 6.42. The average molecular weight is 372 g/mol. The highest BCUT2D eigenvalue weighted by Crippen LogP contribution is 2.30. The molecule has 27 heavy (non-hydrogen) atoms. The highest BCUT2D eigenvalue weighted by molar-refractivity contribution is 5.95. The molecule has 1 aliphatic carbocycles. The van der Waals surface area contributed by atoms with Gasteiger partial charge >= 0.3 is 0 Å². The molecule has 0 unspecified atom stereocenters. The maximum absolute atomic E-state index is 12.5. The number of nitrogens with one attached hydrogen (secondary N) is 3. The van der Waals surface area contributed by atoms with Crippen molar-refractivity contribution in [2.24, 2.45) is 5.84 Å². The Morgan fingerprint density at radius 3 is 2.78 bits per heavy atom. The Bertz CT molecular complexity index is 889. The number of carbonyl (C=O) groups excluding carboxylic acids is 1. The molecule has 0 atom stereocenters. The van der Waals surface area contributed by atoms with Crippen LogP contribution < -0.4 is 32.6 Å². The number of aromatic amines is 1. The summed E-state index contributed by atoms with van der Waals surface area (Å²) < 4.78 is 5.67. The summed E-state index contributed by atoms with van der Waals surface area (Å²) >= 11 is 0. The molecule has 1 saturated carbocycles. The van der Waals surface area contributed by atoms with E-state index in [1.807, 2.05) is 6.92 Å². The monoisotopic (exact) mass is 372 g/mol. The van der Waals surface area contributed by atoms with Gasteiger partial charge in [-0.2, -0.15) is 0 Å². The average Bonchev–Trinajstić information content (AvgIpc) is 3.17. The van der Waals surface area contributed by atoms with Gasteiger partial charge in [0.2, 0.25) is 0 Å². The zero-order valence-electron chi connectivity index (χ0n) is 15.2. The number of hydrogen-bond acceptors (Lipinski definition) is 7. The molecule has 1 aromatic carbocycles. The van der Waals surface area contributed by atoms with Crippen molar-refractivity contribution in [2.45, 2.75) is 38.6 Å². The standard InChI is InChI=1S/C18H24N6O3/c1-2-27-13-9-10(17(25)21-11-5-3-4-6-11)7-8-12(13)15-22-16(24-20)14(19)18(26)23-15/h7-9,11H,2-6,19-20H2,1H3,(H,21,25)(H2,22,23,24,26). The zero-order chi connectivity index (χ0) is 19.4. The molecule has 0 radical (unpaired) electrons. The molecule has 3 rings (SSSR count). The molecule has 7 N–H and O–H groups in total. The minimum atomic E-state index is -0.515. The fourth-order valence-electron chi connectivity index (χ4n) is 3.19. The molecule has 1 aromatic heterocycles. The van der Waals surface area contributed by atoms with Crippen LogP contribution in [0.25, 0.3) is 11.4 Å². The highest BCUT2D eigenvalue weighted by atomic mass is 16.5. The molecule has 1 fully saturated rings. The van der Waals surface area contributed by atoms with Gasteiger partial charge in [-0.05, 0) is 38.0 Å². The molecule has 2 aromatic rings. The number of hydrogen-bond donors (Lipinski definition) is 5. The Morgan fingerprint density at radius 2 is 2.11 bits per heavy atom. The number of H-pyrrole nitrogens is 1. The van der Waals surface area contributed by atoms with Crippen LogP contribution in [0.3, 0.4) is 0 Å². The molecule has 1 amide bonds. The summed E-state index contributed by atoms with van der Waals surface area (Å²) in [5, 5.41) is 3.05. The smallest absolute Gasteiger partial charge is 0.276 e. The van der Waals surface area contributed by atoms with Gasteiger partial charge in [0.05, 0.1) is 12.2 Å². The molecule has 0 aliphatic heterocycles. The predicted molar refractivity (Wildman–Crippen MR) is 103 cm³/mol. The number of carbonyl (C=O) groups is 1. The molecule has 1 heterocycles. The molecule has 1 aliphatic rings. The summed E-state index contributed by atoms with van der Waals surface area (Å²) in [4.78, 5) is 31.4. The first-order valence-corrected chi connectivity index (χ1v) is 8.98. The Morgan fingerprint density at radius 1 is 1.37 bits per heavy atom. The summed E-state index contributed by atoms with van der Waals surface area (Å²) in [5.74, 6) is 5.98. The van der Waals surface area contributed by atoms with Crippen LogP contribution in [0.1, 0.15) is 43.0 Å². The predicted octanol–water partition coefficient (Wildman–Crippen LogP) is 1.38. The lowest BCUT2D eigenvalue weighted by atomic mass is 10.1. The molecular weight excluding hydrogens is 348 g/mol. The van der Waals surface area contributed by atoms with Crippen LogP contribution in [0.5, 0.6) is 5.75 Å². The highest BCUT2D eigenvalue weighted by Gasteiger charge is 2.20. The van der Waals surface area contributed by atoms with Gasteiger partial charge in [-0.1, -0.05) is 12.8 Å². The third-order valence-electron chi connectivity index (χ3n) is 4.58. The molecule has 9 nitrogen and oxygen atoms in total. The van der Waals surface area contributed by atoms with Crippen molar-refractivity contribution in [3.05, 3.63) is 34.1 Å². The zero-order valence-corrected chi connectivity index (χ0v) is 15.2. The number of anilines is 2. The molecular formula is C18H24N6O3. The second-order valence-corrected chi connectivity index (χ2v) is 6.42. The summed E-state index contributed by atoms with van der Waals surface area (Å²) in [6.45, 7) is 2.23. The molecule has 0 saturated heterocycles. The van der Waals surface area contributed by atoms with Crippen molar-refractivity contribution in [1.29, 1.82) is 0 Å². The van der Waals surface area contributed by atoms with E-state index in [2.05, 4.69) is 20.7 Å². The second kappa shape index (κ2) is 8.09. The van der Waals surface area contributed by atoms with Gasteiger partial charge in [0.25, 0.3) is 11.5 Å². The topological polar surface area (TPSA) is 148 Å². The molecule has 144 valence electrons. The number of nitrogens with two attached hydrogens (primary N) is 2. The molecule has 0 spiro atoms. The van der Waals surface area contributed by atoms with Gasteiger partial charge in [0.1, 0.15) is 17.3 Å². The lowest BCUT2D eigenvalue weighted by molar-refractivity contribution is 0.0937. The number of aromatic nitrogens is 2. The van der Waals surface area contributed by atoms with Crippen molar-refractivity contribution >= 4 is 17.4 Å². The molecule has 0 bridgehead atoms. The SMILES string of the molecule is CCOc1cc(C(=O)NC2CCCC2)ccc1-c1nc(NN)c(N)c(=O)[nH]1. The summed E-state index contributed by atoms with van der Waals surface area (Å²) in [6.07, 6.45) is 4.30. The number of rotatable bonds is 6. The molecule has 9 heteroatoms. The van der Waals surface area contributed by atoms with Crippen LogP contribution in [-0.4, -0.2) is 28.5 Å². The minimum absolute atomic E-state index is 0.0688. The van der Waals surface area contributed by atoms with Crippen molar-refractivity contribution in [3.8, 4) is 17.1 Å². The first kappa shape index (κ1) is 18.7. The van der Waals surface area contributed by atoms with E-state index >= 15 is 0 Å². The fraction of sp³-hybridized carbons (Fsp3) is 0.389. The maximum atomic E-state index is 12.5. The summed E-state index contributed by atoms with van der Waals surface area (Å²) in [5.41, 5.74) is 8.35. The van der Waals surface area contributed by atoms with Crippen LogP contribution in [0, 0.1) is 0 Å². The van der Waals surface area contributed by atoms with Crippen molar-refractivity contribution in [3.63, 3.8) is 0 Å². The first-order valence-electron chi connectivity index (χ1n) is 8.98. The van der Waals surface area contributed by atoms with Crippen molar-refractivity contribution < 1.29 is 9.53 Å². The normalized spacial score (nSPS) is 14.1. The number of nitrogens with zero attached hydrogens (tertiary/aromatic N) is 1. The lowest BCUT2D eigenvalue weighted by Crippen LogP contribution is -2.32.